The summed E-state index contributed by atoms with van der Waals surface area (Å²) in [6.07, 6.45) is -0.00976. The Morgan fingerprint density at radius 2 is 2.00 bits per heavy atom. The number of benzene rings is 1. The van der Waals surface area contributed by atoms with E-state index in [1.54, 1.807) is 19.1 Å². The Morgan fingerprint density at radius 3 is 2.60 bits per heavy atom. The molecule has 0 heterocycles. The summed E-state index contributed by atoms with van der Waals surface area (Å²) in [6.45, 7) is 1.68. The third kappa shape index (κ3) is 4.27. The first-order chi connectivity index (χ1) is 9.45. The zero-order valence-corrected chi connectivity index (χ0v) is 11.2. The fourth-order valence-electron chi connectivity index (χ4n) is 1.51. The van der Waals surface area contributed by atoms with Gasteiger partial charge in [-0.3, -0.25) is 10.1 Å². The highest BCUT2D eigenvalue weighted by Gasteiger charge is 2.11. The second kappa shape index (κ2) is 7.13. The van der Waals surface area contributed by atoms with E-state index < -0.39 is 17.9 Å². The van der Waals surface area contributed by atoms with Crippen LogP contribution in [0.3, 0.4) is 0 Å². The third-order valence-electron chi connectivity index (χ3n) is 2.58. The molecule has 0 unspecified atom stereocenters. The molecule has 0 atom stereocenters. The van der Waals surface area contributed by atoms with Gasteiger partial charge in [0, 0.05) is 12.6 Å². The highest BCUT2D eigenvalue weighted by molar-refractivity contribution is 5.94. The Balaban J connectivity index is 2.54. The van der Waals surface area contributed by atoms with E-state index in [0.29, 0.717) is 11.3 Å². The zero-order valence-electron chi connectivity index (χ0n) is 11.2. The molecule has 0 saturated heterocycles. The lowest BCUT2D eigenvalue weighted by Crippen LogP contribution is -2.37. The highest BCUT2D eigenvalue weighted by Crippen LogP contribution is 2.21. The lowest BCUT2D eigenvalue weighted by molar-refractivity contribution is -0.120. The smallest absolute Gasteiger partial charge is 0.336 e. The number of carbonyl (C=O) groups excluding carboxylic acids is 2. The molecule has 1 aromatic carbocycles. The number of hydrogen-bond donors (Lipinski definition) is 3. The number of carboxylic acid groups (broad SMARTS) is 1. The molecule has 0 bridgehead atoms. The zero-order chi connectivity index (χ0) is 15.1. The van der Waals surface area contributed by atoms with Crippen LogP contribution in [-0.4, -0.2) is 36.7 Å². The number of nitrogens with one attached hydrogen (secondary N) is 2. The molecule has 1 rings (SSSR count). The summed E-state index contributed by atoms with van der Waals surface area (Å²) in [5.74, 6) is -1.11. The van der Waals surface area contributed by atoms with E-state index >= 15 is 0 Å². The Kier molecular flexibility index (Phi) is 5.52. The van der Waals surface area contributed by atoms with Crippen molar-refractivity contribution in [2.45, 2.75) is 13.3 Å². The SMILES string of the molecule is CNC(=O)NC(=O)CCOc1cccc(C(=O)O)c1C. The Morgan fingerprint density at radius 1 is 1.30 bits per heavy atom. The normalized spacial score (nSPS) is 9.70. The molecular weight excluding hydrogens is 264 g/mol. The predicted octanol–water partition coefficient (Wildman–Crippen LogP) is 0.918. The average molecular weight is 280 g/mol. The highest BCUT2D eigenvalue weighted by atomic mass is 16.5. The minimum atomic E-state index is -1.04. The van der Waals surface area contributed by atoms with Crippen LogP contribution in [0.5, 0.6) is 5.75 Å². The van der Waals surface area contributed by atoms with Crippen LogP contribution in [0.25, 0.3) is 0 Å². The summed E-state index contributed by atoms with van der Waals surface area (Å²) in [5, 5.41) is 13.3. The van der Waals surface area contributed by atoms with Crippen molar-refractivity contribution in [1.29, 1.82) is 0 Å². The van der Waals surface area contributed by atoms with E-state index in [-0.39, 0.29) is 18.6 Å². The summed E-state index contributed by atoms with van der Waals surface area (Å²) < 4.78 is 5.36. The molecule has 7 heteroatoms. The maximum atomic E-state index is 11.3. The molecule has 3 amide bonds. The van der Waals surface area contributed by atoms with Gasteiger partial charge in [-0.05, 0) is 19.1 Å². The minimum absolute atomic E-state index is 0.00976. The molecule has 0 aliphatic carbocycles. The van der Waals surface area contributed by atoms with Crippen LogP contribution < -0.4 is 15.4 Å². The molecule has 108 valence electrons. The average Bonchev–Trinajstić information content (AvgIpc) is 2.40. The van der Waals surface area contributed by atoms with Crippen molar-refractivity contribution in [3.8, 4) is 5.75 Å². The van der Waals surface area contributed by atoms with Crippen molar-refractivity contribution in [2.75, 3.05) is 13.7 Å². The Bertz CT molecular complexity index is 527. The van der Waals surface area contributed by atoms with Gasteiger partial charge in [-0.25, -0.2) is 9.59 Å². The fourth-order valence-corrected chi connectivity index (χ4v) is 1.51. The van der Waals surface area contributed by atoms with E-state index in [1.807, 2.05) is 0 Å². The van der Waals surface area contributed by atoms with Crippen LogP contribution in [0.4, 0.5) is 4.79 Å². The van der Waals surface area contributed by atoms with Crippen LogP contribution in [0, 0.1) is 6.92 Å². The summed E-state index contributed by atoms with van der Waals surface area (Å²) >= 11 is 0. The van der Waals surface area contributed by atoms with E-state index in [2.05, 4.69) is 10.6 Å². The molecular formula is C13H16N2O5. The molecule has 0 radical (unpaired) electrons. The number of carbonyl (C=O) groups is 3. The van der Waals surface area contributed by atoms with Crippen LogP contribution in [-0.2, 0) is 4.79 Å². The Labute approximate surface area is 115 Å². The first-order valence-electron chi connectivity index (χ1n) is 5.93. The third-order valence-corrected chi connectivity index (χ3v) is 2.58. The largest absolute Gasteiger partial charge is 0.493 e. The van der Waals surface area contributed by atoms with Gasteiger partial charge >= 0.3 is 12.0 Å². The van der Waals surface area contributed by atoms with Crippen molar-refractivity contribution in [3.05, 3.63) is 29.3 Å². The van der Waals surface area contributed by atoms with Gasteiger partial charge < -0.3 is 15.2 Å². The topological polar surface area (TPSA) is 105 Å². The standard InChI is InChI=1S/C13H16N2O5/c1-8-9(12(17)18)4-3-5-10(8)20-7-6-11(16)15-13(19)14-2/h3-5H,6-7H2,1-2H3,(H,17,18)(H2,14,15,16,19). The second-order valence-corrected chi connectivity index (χ2v) is 3.96. The summed E-state index contributed by atoms with van der Waals surface area (Å²) in [4.78, 5) is 33.1. The number of hydrogen-bond acceptors (Lipinski definition) is 4. The van der Waals surface area contributed by atoms with Crippen LogP contribution >= 0.6 is 0 Å². The van der Waals surface area contributed by atoms with Crippen molar-refractivity contribution in [2.24, 2.45) is 0 Å². The first-order valence-corrected chi connectivity index (χ1v) is 5.93. The molecule has 3 N–H and O–H groups in total. The quantitative estimate of drug-likeness (QED) is 0.743. The predicted molar refractivity (Wildman–Crippen MR) is 70.8 cm³/mol. The van der Waals surface area contributed by atoms with Gasteiger partial charge in [-0.1, -0.05) is 6.07 Å². The van der Waals surface area contributed by atoms with E-state index in [4.69, 9.17) is 9.84 Å². The van der Waals surface area contributed by atoms with E-state index in [0.717, 1.165) is 0 Å². The van der Waals surface area contributed by atoms with Gasteiger partial charge in [0.15, 0.2) is 0 Å². The van der Waals surface area contributed by atoms with Crippen molar-refractivity contribution < 1.29 is 24.2 Å². The summed E-state index contributed by atoms with van der Waals surface area (Å²) in [6, 6.07) is 4.08. The maximum Gasteiger partial charge on any atom is 0.336 e. The molecule has 0 aliphatic heterocycles. The number of rotatable bonds is 5. The Hall–Kier alpha value is -2.57. The fraction of sp³-hybridized carbons (Fsp3) is 0.308. The molecule has 0 spiro atoms. The number of carboxylic acids is 1. The van der Waals surface area contributed by atoms with E-state index in [1.165, 1.54) is 13.1 Å². The maximum absolute atomic E-state index is 11.3. The van der Waals surface area contributed by atoms with E-state index in [9.17, 15) is 14.4 Å². The minimum Gasteiger partial charge on any atom is -0.493 e. The van der Waals surface area contributed by atoms with Crippen molar-refractivity contribution >= 4 is 17.9 Å². The van der Waals surface area contributed by atoms with Crippen LogP contribution in [0.2, 0.25) is 0 Å². The second-order valence-electron chi connectivity index (χ2n) is 3.96. The van der Waals surface area contributed by atoms with Crippen molar-refractivity contribution in [3.63, 3.8) is 0 Å². The summed E-state index contributed by atoms with van der Waals surface area (Å²) in [5.41, 5.74) is 0.643. The van der Waals surface area contributed by atoms with Gasteiger partial charge in [0.25, 0.3) is 0 Å². The van der Waals surface area contributed by atoms with Gasteiger partial charge in [0.05, 0.1) is 18.6 Å². The molecule has 0 fully saturated rings. The van der Waals surface area contributed by atoms with Gasteiger partial charge in [-0.2, -0.15) is 0 Å². The summed E-state index contributed by atoms with van der Waals surface area (Å²) in [7, 11) is 1.40. The molecule has 0 saturated carbocycles. The number of ether oxygens (including phenoxy) is 1. The first kappa shape index (κ1) is 15.5. The molecule has 20 heavy (non-hydrogen) atoms. The lowest BCUT2D eigenvalue weighted by atomic mass is 10.1. The number of imide groups is 1. The molecule has 0 aliphatic rings. The van der Waals surface area contributed by atoms with Crippen molar-refractivity contribution in [1.82, 2.24) is 10.6 Å². The molecule has 1 aromatic rings. The monoisotopic (exact) mass is 280 g/mol. The van der Waals surface area contributed by atoms with Gasteiger partial charge in [0.2, 0.25) is 5.91 Å². The lowest BCUT2D eigenvalue weighted by Gasteiger charge is -2.10. The van der Waals surface area contributed by atoms with Gasteiger partial charge in [0.1, 0.15) is 5.75 Å². The molecule has 7 nitrogen and oxygen atoms in total. The van der Waals surface area contributed by atoms with Gasteiger partial charge in [-0.15, -0.1) is 0 Å². The molecule has 0 aromatic heterocycles. The van der Waals surface area contributed by atoms with Crippen LogP contribution in [0.1, 0.15) is 22.3 Å². The number of amides is 3. The number of urea groups is 1. The number of aromatic carboxylic acids is 1. The van der Waals surface area contributed by atoms with Crippen LogP contribution in [0.15, 0.2) is 18.2 Å².